The zero-order valence-electron chi connectivity index (χ0n) is 11.8. The van der Waals surface area contributed by atoms with Crippen molar-refractivity contribution in [1.29, 1.82) is 0 Å². The molecule has 2 heteroatoms. The second-order valence-corrected chi connectivity index (χ2v) is 4.76. The lowest BCUT2D eigenvalue weighted by atomic mass is 10.0. The predicted octanol–water partition coefficient (Wildman–Crippen LogP) is 3.71. The van der Waals surface area contributed by atoms with Crippen LogP contribution in [0.2, 0.25) is 0 Å². The standard InChI is InChI=1S/C17H22N2/c1-3-19(4-2)17-11-7-15(8-12-17)13-14-5-9-16(18)10-6-14/h5-12H,3-4,13,18H2,1-2H3. The lowest BCUT2D eigenvalue weighted by Gasteiger charge is -2.21. The number of rotatable bonds is 5. The van der Waals surface area contributed by atoms with Crippen LogP contribution in [0.5, 0.6) is 0 Å². The van der Waals surface area contributed by atoms with Gasteiger partial charge in [-0.3, -0.25) is 0 Å². The van der Waals surface area contributed by atoms with Gasteiger partial charge in [-0.15, -0.1) is 0 Å². The van der Waals surface area contributed by atoms with Crippen molar-refractivity contribution >= 4 is 11.4 Å². The van der Waals surface area contributed by atoms with Gasteiger partial charge in [0.25, 0.3) is 0 Å². The lowest BCUT2D eigenvalue weighted by molar-refractivity contribution is 0.866. The van der Waals surface area contributed by atoms with Crippen molar-refractivity contribution in [2.45, 2.75) is 20.3 Å². The van der Waals surface area contributed by atoms with E-state index in [2.05, 4.69) is 55.1 Å². The van der Waals surface area contributed by atoms with Crippen LogP contribution in [0.4, 0.5) is 11.4 Å². The molecule has 0 saturated carbocycles. The van der Waals surface area contributed by atoms with E-state index in [0.29, 0.717) is 0 Å². The number of nitrogen functional groups attached to an aromatic ring is 1. The molecular weight excluding hydrogens is 232 g/mol. The van der Waals surface area contributed by atoms with Crippen molar-refractivity contribution in [1.82, 2.24) is 0 Å². The first-order chi connectivity index (χ1) is 9.22. The molecule has 0 spiro atoms. The first kappa shape index (κ1) is 13.5. The van der Waals surface area contributed by atoms with Gasteiger partial charge in [-0.05, 0) is 55.7 Å². The Labute approximate surface area is 115 Å². The van der Waals surface area contributed by atoms with Crippen molar-refractivity contribution < 1.29 is 0 Å². The van der Waals surface area contributed by atoms with E-state index < -0.39 is 0 Å². The number of nitrogens with two attached hydrogens (primary N) is 1. The summed E-state index contributed by atoms with van der Waals surface area (Å²) >= 11 is 0. The topological polar surface area (TPSA) is 29.3 Å². The van der Waals surface area contributed by atoms with E-state index in [1.165, 1.54) is 16.8 Å². The third-order valence-corrected chi connectivity index (χ3v) is 3.45. The van der Waals surface area contributed by atoms with Crippen LogP contribution in [0.3, 0.4) is 0 Å². The number of benzene rings is 2. The van der Waals surface area contributed by atoms with Crippen LogP contribution < -0.4 is 10.6 Å². The smallest absolute Gasteiger partial charge is 0.0366 e. The maximum absolute atomic E-state index is 5.70. The molecule has 0 fully saturated rings. The predicted molar refractivity (Wildman–Crippen MR) is 83.7 cm³/mol. The first-order valence-corrected chi connectivity index (χ1v) is 6.91. The molecular formula is C17H22N2. The molecule has 0 aromatic heterocycles. The van der Waals surface area contributed by atoms with Gasteiger partial charge in [-0.1, -0.05) is 24.3 Å². The Hall–Kier alpha value is -1.96. The van der Waals surface area contributed by atoms with Gasteiger partial charge in [0, 0.05) is 24.5 Å². The van der Waals surface area contributed by atoms with Crippen LogP contribution in [0, 0.1) is 0 Å². The fraction of sp³-hybridized carbons (Fsp3) is 0.294. The largest absolute Gasteiger partial charge is 0.399 e. The molecule has 0 aliphatic rings. The van der Waals surface area contributed by atoms with Crippen LogP contribution in [0.25, 0.3) is 0 Å². The Morgan fingerprint density at radius 2 is 1.26 bits per heavy atom. The molecule has 19 heavy (non-hydrogen) atoms. The van der Waals surface area contributed by atoms with E-state index in [9.17, 15) is 0 Å². The minimum Gasteiger partial charge on any atom is -0.399 e. The summed E-state index contributed by atoms with van der Waals surface area (Å²) in [5.74, 6) is 0. The van der Waals surface area contributed by atoms with Crippen molar-refractivity contribution in [3.8, 4) is 0 Å². The number of hydrogen-bond acceptors (Lipinski definition) is 2. The molecule has 0 bridgehead atoms. The fourth-order valence-electron chi connectivity index (χ4n) is 2.28. The van der Waals surface area contributed by atoms with E-state index in [-0.39, 0.29) is 0 Å². The molecule has 2 nitrogen and oxygen atoms in total. The molecule has 0 amide bonds. The van der Waals surface area contributed by atoms with Crippen LogP contribution in [0.1, 0.15) is 25.0 Å². The van der Waals surface area contributed by atoms with Crippen LogP contribution in [-0.2, 0) is 6.42 Å². The third-order valence-electron chi connectivity index (χ3n) is 3.45. The van der Waals surface area contributed by atoms with Gasteiger partial charge in [0.2, 0.25) is 0 Å². The zero-order chi connectivity index (χ0) is 13.7. The SMILES string of the molecule is CCN(CC)c1ccc(Cc2ccc(N)cc2)cc1. The van der Waals surface area contributed by atoms with Gasteiger partial charge in [0.05, 0.1) is 0 Å². The van der Waals surface area contributed by atoms with Gasteiger partial charge < -0.3 is 10.6 Å². The quantitative estimate of drug-likeness (QED) is 0.824. The first-order valence-electron chi connectivity index (χ1n) is 6.91. The summed E-state index contributed by atoms with van der Waals surface area (Å²) in [4.78, 5) is 2.35. The second kappa shape index (κ2) is 6.28. The van der Waals surface area contributed by atoms with Crippen LogP contribution >= 0.6 is 0 Å². The lowest BCUT2D eigenvalue weighted by Crippen LogP contribution is -2.21. The highest BCUT2D eigenvalue weighted by molar-refractivity contribution is 5.48. The average Bonchev–Trinajstić information content (AvgIpc) is 2.44. The highest BCUT2D eigenvalue weighted by Crippen LogP contribution is 2.17. The van der Waals surface area contributed by atoms with Gasteiger partial charge >= 0.3 is 0 Å². The Bertz CT molecular complexity index is 496. The monoisotopic (exact) mass is 254 g/mol. The second-order valence-electron chi connectivity index (χ2n) is 4.76. The maximum Gasteiger partial charge on any atom is 0.0366 e. The van der Waals surface area contributed by atoms with E-state index >= 15 is 0 Å². The average molecular weight is 254 g/mol. The van der Waals surface area contributed by atoms with E-state index in [1.807, 2.05) is 12.1 Å². The summed E-state index contributed by atoms with van der Waals surface area (Å²) in [6.45, 7) is 6.47. The Kier molecular flexibility index (Phi) is 4.45. The van der Waals surface area contributed by atoms with Crippen molar-refractivity contribution in [3.05, 3.63) is 59.7 Å². The van der Waals surface area contributed by atoms with Crippen molar-refractivity contribution in [2.75, 3.05) is 23.7 Å². The van der Waals surface area contributed by atoms with Gasteiger partial charge in [-0.2, -0.15) is 0 Å². The Balaban J connectivity index is 2.08. The van der Waals surface area contributed by atoms with Gasteiger partial charge in [-0.25, -0.2) is 0 Å². The van der Waals surface area contributed by atoms with E-state index in [4.69, 9.17) is 5.73 Å². The highest BCUT2D eigenvalue weighted by Gasteiger charge is 2.02. The Morgan fingerprint density at radius 1 is 0.789 bits per heavy atom. The molecule has 0 unspecified atom stereocenters. The summed E-state index contributed by atoms with van der Waals surface area (Å²) in [5, 5.41) is 0. The molecule has 2 aromatic carbocycles. The fourth-order valence-corrected chi connectivity index (χ4v) is 2.28. The minimum atomic E-state index is 0.820. The molecule has 2 rings (SSSR count). The molecule has 0 saturated heterocycles. The summed E-state index contributed by atoms with van der Waals surface area (Å²) in [5.41, 5.74) is 10.4. The molecule has 0 radical (unpaired) electrons. The summed E-state index contributed by atoms with van der Waals surface area (Å²) < 4.78 is 0. The highest BCUT2D eigenvalue weighted by atomic mass is 15.1. The number of hydrogen-bond donors (Lipinski definition) is 1. The van der Waals surface area contributed by atoms with Crippen molar-refractivity contribution in [2.24, 2.45) is 0 Å². The Morgan fingerprint density at radius 3 is 1.74 bits per heavy atom. The number of nitrogens with zero attached hydrogens (tertiary/aromatic N) is 1. The third kappa shape index (κ3) is 3.50. The molecule has 0 heterocycles. The summed E-state index contributed by atoms with van der Waals surface area (Å²) in [6.07, 6.45) is 0.957. The molecule has 0 aliphatic heterocycles. The normalized spacial score (nSPS) is 10.4. The van der Waals surface area contributed by atoms with Crippen LogP contribution in [-0.4, -0.2) is 13.1 Å². The molecule has 0 atom stereocenters. The van der Waals surface area contributed by atoms with E-state index in [0.717, 1.165) is 25.2 Å². The molecule has 2 aromatic rings. The summed E-state index contributed by atoms with van der Waals surface area (Å²) in [7, 11) is 0. The number of anilines is 2. The minimum absolute atomic E-state index is 0.820. The van der Waals surface area contributed by atoms with Crippen LogP contribution in [0.15, 0.2) is 48.5 Å². The maximum atomic E-state index is 5.70. The molecule has 2 N–H and O–H groups in total. The van der Waals surface area contributed by atoms with Crippen molar-refractivity contribution in [3.63, 3.8) is 0 Å². The molecule has 100 valence electrons. The molecule has 0 aliphatic carbocycles. The van der Waals surface area contributed by atoms with Gasteiger partial charge in [0.15, 0.2) is 0 Å². The van der Waals surface area contributed by atoms with Gasteiger partial charge in [0.1, 0.15) is 0 Å². The zero-order valence-corrected chi connectivity index (χ0v) is 11.8. The summed E-state index contributed by atoms with van der Waals surface area (Å²) in [6, 6.07) is 16.9. The van der Waals surface area contributed by atoms with E-state index in [1.54, 1.807) is 0 Å².